The Hall–Kier alpha value is -0.980. The Morgan fingerprint density at radius 2 is 0.909 bits per heavy atom. The van der Waals surface area contributed by atoms with Gasteiger partial charge in [0.1, 0.15) is 5.75 Å². The summed E-state index contributed by atoms with van der Waals surface area (Å²) in [6, 6.07) is 8.23. The molecule has 0 aliphatic rings. The SMILES string of the molecule is CCCCCCCCCCCC(c1ccccc1O)C(CCCCC)CCCCCCCC. The van der Waals surface area contributed by atoms with Crippen molar-refractivity contribution >= 4 is 0 Å². The second-order valence-corrected chi connectivity index (χ2v) is 10.6. The van der Waals surface area contributed by atoms with E-state index in [1.807, 2.05) is 12.1 Å². The molecule has 0 aliphatic carbocycles. The Balaban J connectivity index is 2.63. The molecule has 2 atom stereocenters. The summed E-state index contributed by atoms with van der Waals surface area (Å²) in [6.45, 7) is 6.90. The maximum absolute atomic E-state index is 10.7. The second kappa shape index (κ2) is 21.5. The lowest BCUT2D eigenvalue weighted by molar-refractivity contribution is 0.315. The largest absolute Gasteiger partial charge is 0.508 e. The number of hydrogen-bond donors (Lipinski definition) is 1. The van der Waals surface area contributed by atoms with Gasteiger partial charge in [0, 0.05) is 0 Å². The van der Waals surface area contributed by atoms with E-state index in [2.05, 4.69) is 32.9 Å². The summed E-state index contributed by atoms with van der Waals surface area (Å²) in [5.41, 5.74) is 1.23. The maximum Gasteiger partial charge on any atom is 0.119 e. The van der Waals surface area contributed by atoms with E-state index in [4.69, 9.17) is 0 Å². The zero-order valence-electron chi connectivity index (χ0n) is 22.8. The van der Waals surface area contributed by atoms with Crippen molar-refractivity contribution in [3.63, 3.8) is 0 Å². The van der Waals surface area contributed by atoms with Gasteiger partial charge in [0.25, 0.3) is 0 Å². The minimum Gasteiger partial charge on any atom is -0.508 e. The van der Waals surface area contributed by atoms with Gasteiger partial charge >= 0.3 is 0 Å². The molecule has 1 aromatic rings. The van der Waals surface area contributed by atoms with Crippen molar-refractivity contribution in [1.82, 2.24) is 0 Å². The molecular formula is C32H58O. The Bertz CT molecular complexity index is 537. The maximum atomic E-state index is 10.7. The monoisotopic (exact) mass is 458 g/mol. The lowest BCUT2D eigenvalue weighted by atomic mass is 9.76. The molecule has 0 aliphatic heterocycles. The number of hydrogen-bond acceptors (Lipinski definition) is 1. The third-order valence-electron chi connectivity index (χ3n) is 7.63. The minimum absolute atomic E-state index is 0.530. The number of benzene rings is 1. The van der Waals surface area contributed by atoms with Gasteiger partial charge in [0.2, 0.25) is 0 Å². The Kier molecular flexibility index (Phi) is 19.6. The number of unbranched alkanes of at least 4 members (excludes halogenated alkanes) is 15. The zero-order chi connectivity index (χ0) is 24.0. The lowest BCUT2D eigenvalue weighted by Gasteiger charge is -2.29. The molecule has 0 amide bonds. The summed E-state index contributed by atoms with van der Waals surface area (Å²) < 4.78 is 0. The average Bonchev–Trinajstić information content (AvgIpc) is 2.82. The van der Waals surface area contributed by atoms with E-state index in [1.165, 1.54) is 140 Å². The van der Waals surface area contributed by atoms with Gasteiger partial charge in [-0.15, -0.1) is 0 Å². The molecule has 192 valence electrons. The van der Waals surface area contributed by atoms with Crippen LogP contribution in [-0.4, -0.2) is 5.11 Å². The van der Waals surface area contributed by atoms with Crippen LogP contribution in [0.25, 0.3) is 0 Å². The fourth-order valence-corrected chi connectivity index (χ4v) is 5.51. The smallest absolute Gasteiger partial charge is 0.119 e. The van der Waals surface area contributed by atoms with Crippen LogP contribution in [0.1, 0.15) is 167 Å². The van der Waals surface area contributed by atoms with Crippen molar-refractivity contribution < 1.29 is 5.11 Å². The summed E-state index contributed by atoms with van der Waals surface area (Å²) >= 11 is 0. The molecule has 1 N–H and O–H groups in total. The first-order valence-electron chi connectivity index (χ1n) is 15.0. The van der Waals surface area contributed by atoms with Crippen LogP contribution in [0.3, 0.4) is 0 Å². The van der Waals surface area contributed by atoms with Crippen molar-refractivity contribution in [2.24, 2.45) is 5.92 Å². The van der Waals surface area contributed by atoms with Gasteiger partial charge in [0.05, 0.1) is 0 Å². The molecule has 2 unspecified atom stereocenters. The summed E-state index contributed by atoms with van der Waals surface area (Å²) in [5, 5.41) is 10.7. The molecule has 0 bridgehead atoms. The van der Waals surface area contributed by atoms with E-state index in [0.717, 1.165) is 5.92 Å². The van der Waals surface area contributed by atoms with Crippen molar-refractivity contribution in [1.29, 1.82) is 0 Å². The highest BCUT2D eigenvalue weighted by Crippen LogP contribution is 2.40. The van der Waals surface area contributed by atoms with E-state index in [-0.39, 0.29) is 0 Å². The highest BCUT2D eigenvalue weighted by Gasteiger charge is 2.24. The lowest BCUT2D eigenvalue weighted by Crippen LogP contribution is -2.14. The van der Waals surface area contributed by atoms with E-state index >= 15 is 0 Å². The van der Waals surface area contributed by atoms with Crippen LogP contribution in [-0.2, 0) is 0 Å². The summed E-state index contributed by atoms with van der Waals surface area (Å²) in [6.07, 6.45) is 28.6. The number of aromatic hydroxyl groups is 1. The van der Waals surface area contributed by atoms with Gasteiger partial charge in [-0.2, -0.15) is 0 Å². The van der Waals surface area contributed by atoms with Crippen LogP contribution in [0.5, 0.6) is 5.75 Å². The third kappa shape index (κ3) is 14.8. The topological polar surface area (TPSA) is 20.2 Å². The van der Waals surface area contributed by atoms with Gasteiger partial charge in [-0.1, -0.05) is 155 Å². The first-order chi connectivity index (χ1) is 16.2. The van der Waals surface area contributed by atoms with Crippen LogP contribution < -0.4 is 0 Å². The number of rotatable bonds is 23. The third-order valence-corrected chi connectivity index (χ3v) is 7.63. The first-order valence-corrected chi connectivity index (χ1v) is 15.0. The molecule has 33 heavy (non-hydrogen) atoms. The zero-order valence-corrected chi connectivity index (χ0v) is 22.8. The average molecular weight is 459 g/mol. The fraction of sp³-hybridized carbons (Fsp3) is 0.812. The van der Waals surface area contributed by atoms with Crippen LogP contribution >= 0.6 is 0 Å². The van der Waals surface area contributed by atoms with Crippen molar-refractivity contribution in [2.75, 3.05) is 0 Å². The van der Waals surface area contributed by atoms with Crippen LogP contribution in [0, 0.1) is 5.92 Å². The van der Waals surface area contributed by atoms with E-state index in [1.54, 1.807) is 0 Å². The number of phenols is 1. The van der Waals surface area contributed by atoms with Gasteiger partial charge in [-0.05, 0) is 42.7 Å². The van der Waals surface area contributed by atoms with Crippen LogP contribution in [0.4, 0.5) is 0 Å². The number of para-hydroxylation sites is 1. The van der Waals surface area contributed by atoms with Crippen molar-refractivity contribution in [3.8, 4) is 5.75 Å². The van der Waals surface area contributed by atoms with Crippen molar-refractivity contribution in [3.05, 3.63) is 29.8 Å². The van der Waals surface area contributed by atoms with E-state index in [0.29, 0.717) is 11.7 Å². The molecular weight excluding hydrogens is 400 g/mol. The van der Waals surface area contributed by atoms with Gasteiger partial charge in [-0.3, -0.25) is 0 Å². The van der Waals surface area contributed by atoms with Crippen molar-refractivity contribution in [2.45, 2.75) is 162 Å². The quantitative estimate of drug-likeness (QED) is 0.162. The molecule has 1 rings (SSSR count). The highest BCUT2D eigenvalue weighted by atomic mass is 16.3. The van der Waals surface area contributed by atoms with E-state index < -0.39 is 0 Å². The second-order valence-electron chi connectivity index (χ2n) is 10.6. The Labute approximate surface area is 208 Å². The van der Waals surface area contributed by atoms with Gasteiger partial charge in [0.15, 0.2) is 0 Å². The highest BCUT2D eigenvalue weighted by molar-refractivity contribution is 5.35. The Morgan fingerprint density at radius 3 is 1.42 bits per heavy atom. The Morgan fingerprint density at radius 1 is 0.515 bits per heavy atom. The van der Waals surface area contributed by atoms with Gasteiger partial charge in [-0.25, -0.2) is 0 Å². The standard InChI is InChI=1S/C32H58O/c1-4-7-10-12-14-15-16-18-21-26-30(31-27-22-23-28-32(31)33)29(24-19-9-6-3)25-20-17-13-11-8-5-2/h22-23,27-30,33H,4-21,24-26H2,1-3H3. The number of phenolic OH excluding ortho intramolecular Hbond substituents is 1. The molecule has 0 radical (unpaired) electrons. The molecule has 1 heteroatoms. The summed E-state index contributed by atoms with van der Waals surface area (Å²) in [4.78, 5) is 0. The normalized spacial score (nSPS) is 13.3. The van der Waals surface area contributed by atoms with E-state index in [9.17, 15) is 5.11 Å². The van der Waals surface area contributed by atoms with Crippen LogP contribution in [0.15, 0.2) is 24.3 Å². The van der Waals surface area contributed by atoms with Gasteiger partial charge < -0.3 is 5.11 Å². The predicted molar refractivity (Wildman–Crippen MR) is 148 cm³/mol. The predicted octanol–water partition coefficient (Wildman–Crippen LogP) is 11.3. The fourth-order valence-electron chi connectivity index (χ4n) is 5.51. The molecule has 0 aromatic heterocycles. The molecule has 0 spiro atoms. The molecule has 1 nitrogen and oxygen atoms in total. The molecule has 0 heterocycles. The minimum atomic E-state index is 0.530. The summed E-state index contributed by atoms with van der Waals surface area (Å²) in [7, 11) is 0. The molecule has 0 fully saturated rings. The molecule has 1 aromatic carbocycles. The molecule has 0 saturated carbocycles. The summed E-state index contributed by atoms with van der Waals surface area (Å²) in [5.74, 6) is 1.79. The van der Waals surface area contributed by atoms with Crippen LogP contribution in [0.2, 0.25) is 0 Å². The first kappa shape index (κ1) is 30.1. The molecule has 0 saturated heterocycles.